The SMILES string of the molecule is O=[N+]([O-])C1(S(=O)(=O)CCO)C=C(S(=O)(=O)CCO)C(Cl)=CC1. The molecule has 0 bridgehead atoms. The van der Waals surface area contributed by atoms with Gasteiger partial charge in [-0.15, -0.1) is 0 Å². The Morgan fingerprint density at radius 3 is 2.23 bits per heavy atom. The van der Waals surface area contributed by atoms with Crippen LogP contribution < -0.4 is 0 Å². The molecule has 0 heterocycles. The first kappa shape index (κ1) is 19.0. The zero-order chi connectivity index (χ0) is 17.2. The van der Waals surface area contributed by atoms with E-state index in [-0.39, 0.29) is 5.03 Å². The van der Waals surface area contributed by atoms with Crippen LogP contribution in [-0.2, 0) is 19.7 Å². The van der Waals surface area contributed by atoms with E-state index in [9.17, 15) is 26.9 Å². The third-order valence-electron chi connectivity index (χ3n) is 3.07. The predicted molar refractivity (Wildman–Crippen MR) is 78.1 cm³/mol. The highest BCUT2D eigenvalue weighted by atomic mass is 35.5. The summed E-state index contributed by atoms with van der Waals surface area (Å²) >= 11 is 5.73. The molecule has 1 aliphatic carbocycles. The first-order valence-electron chi connectivity index (χ1n) is 5.94. The van der Waals surface area contributed by atoms with Gasteiger partial charge in [0.15, 0.2) is 9.84 Å². The average molecular weight is 376 g/mol. The molecule has 1 atom stereocenters. The molecule has 1 unspecified atom stereocenters. The van der Waals surface area contributed by atoms with Gasteiger partial charge in [0.05, 0.1) is 41.1 Å². The lowest BCUT2D eigenvalue weighted by Crippen LogP contribution is -2.47. The summed E-state index contributed by atoms with van der Waals surface area (Å²) in [6, 6.07) is 0. The third-order valence-corrected chi connectivity index (χ3v) is 7.50. The second-order valence-corrected chi connectivity index (χ2v) is 9.28. The third kappa shape index (κ3) is 3.33. The number of aliphatic hydroxyl groups is 2. The highest BCUT2D eigenvalue weighted by Gasteiger charge is 2.55. The molecule has 0 amide bonds. The lowest BCUT2D eigenvalue weighted by atomic mass is 10.1. The largest absolute Gasteiger partial charge is 0.395 e. The number of nitro groups is 1. The maximum absolute atomic E-state index is 12.1. The van der Waals surface area contributed by atoms with Crippen LogP contribution in [0, 0.1) is 10.1 Å². The number of allylic oxidation sites excluding steroid dienone is 1. The zero-order valence-electron chi connectivity index (χ0n) is 11.2. The smallest absolute Gasteiger partial charge is 0.342 e. The van der Waals surface area contributed by atoms with Crippen molar-refractivity contribution in [2.75, 3.05) is 24.7 Å². The van der Waals surface area contributed by atoms with Crippen LogP contribution in [-0.4, -0.2) is 61.6 Å². The van der Waals surface area contributed by atoms with Gasteiger partial charge in [-0.2, -0.15) is 0 Å². The topological polar surface area (TPSA) is 152 Å². The monoisotopic (exact) mass is 375 g/mol. The molecule has 2 N–H and O–H groups in total. The predicted octanol–water partition coefficient (Wildman–Crippen LogP) is -0.816. The quantitative estimate of drug-likeness (QED) is 0.432. The van der Waals surface area contributed by atoms with Crippen LogP contribution in [0.3, 0.4) is 0 Å². The number of sulfone groups is 2. The zero-order valence-corrected chi connectivity index (χ0v) is 13.6. The number of hydrogen-bond donors (Lipinski definition) is 2. The van der Waals surface area contributed by atoms with Gasteiger partial charge in [0, 0.05) is 11.0 Å². The van der Waals surface area contributed by atoms with Crippen LogP contribution in [0.15, 0.2) is 22.1 Å². The van der Waals surface area contributed by atoms with Crippen LogP contribution in [0.5, 0.6) is 0 Å². The van der Waals surface area contributed by atoms with E-state index in [0.29, 0.717) is 6.08 Å². The minimum absolute atomic E-state index is 0.342. The van der Waals surface area contributed by atoms with Gasteiger partial charge in [0.2, 0.25) is 9.84 Å². The molecule has 0 spiro atoms. The fourth-order valence-electron chi connectivity index (χ4n) is 1.89. The van der Waals surface area contributed by atoms with E-state index in [1.165, 1.54) is 0 Å². The van der Waals surface area contributed by atoms with Gasteiger partial charge in [-0.3, -0.25) is 10.1 Å². The highest BCUT2D eigenvalue weighted by Crippen LogP contribution is 2.37. The van der Waals surface area contributed by atoms with Crippen molar-refractivity contribution in [1.82, 2.24) is 0 Å². The summed E-state index contributed by atoms with van der Waals surface area (Å²) in [7, 11) is -8.66. The molecule has 0 radical (unpaired) electrons. The Bertz CT molecular complexity index is 724. The van der Waals surface area contributed by atoms with Gasteiger partial charge in [0.25, 0.3) is 0 Å². The van der Waals surface area contributed by atoms with Gasteiger partial charge >= 0.3 is 4.87 Å². The number of halogens is 1. The van der Waals surface area contributed by atoms with Crippen molar-refractivity contribution in [3.8, 4) is 0 Å². The Hall–Kier alpha value is -1.01. The van der Waals surface area contributed by atoms with Crippen LogP contribution in [0.2, 0.25) is 0 Å². The Balaban J connectivity index is 3.59. The summed E-state index contributed by atoms with van der Waals surface area (Å²) in [6.07, 6.45) is 0.758. The van der Waals surface area contributed by atoms with E-state index in [2.05, 4.69) is 0 Å². The molecule has 9 nitrogen and oxygen atoms in total. The Kier molecular flexibility index (Phi) is 5.73. The first-order valence-corrected chi connectivity index (χ1v) is 9.62. The maximum Gasteiger partial charge on any atom is 0.342 e. The number of hydrogen-bond acceptors (Lipinski definition) is 8. The standard InChI is InChI=1S/C10H14ClNO8S2/c11-8-1-2-10(12(15)16,22(19,20)6-4-14)7-9(8)21(17,18)5-3-13/h1,7,13-14H,2-6H2. The van der Waals surface area contributed by atoms with Crippen molar-refractivity contribution in [3.05, 3.63) is 32.2 Å². The van der Waals surface area contributed by atoms with Crippen molar-refractivity contribution in [2.45, 2.75) is 11.3 Å². The molecule has 0 aromatic carbocycles. The van der Waals surface area contributed by atoms with Crippen LogP contribution in [0.1, 0.15) is 6.42 Å². The van der Waals surface area contributed by atoms with E-state index >= 15 is 0 Å². The maximum atomic E-state index is 12.1. The Labute approximate surface area is 131 Å². The van der Waals surface area contributed by atoms with Crippen molar-refractivity contribution < 1.29 is 32.0 Å². The normalized spacial score (nSPS) is 22.9. The lowest BCUT2D eigenvalue weighted by Gasteiger charge is -2.25. The molecule has 22 heavy (non-hydrogen) atoms. The van der Waals surface area contributed by atoms with Gasteiger partial charge in [0.1, 0.15) is 0 Å². The van der Waals surface area contributed by atoms with Crippen molar-refractivity contribution in [2.24, 2.45) is 0 Å². The second kappa shape index (κ2) is 6.62. The Morgan fingerprint density at radius 1 is 1.23 bits per heavy atom. The minimum atomic E-state index is -4.48. The van der Waals surface area contributed by atoms with Gasteiger partial charge in [-0.25, -0.2) is 16.8 Å². The van der Waals surface area contributed by atoms with Crippen molar-refractivity contribution >= 4 is 31.3 Å². The molecule has 0 aromatic heterocycles. The van der Waals surface area contributed by atoms with E-state index in [1.54, 1.807) is 0 Å². The van der Waals surface area contributed by atoms with Crippen molar-refractivity contribution in [1.29, 1.82) is 0 Å². The molecule has 0 fully saturated rings. The molecule has 126 valence electrons. The van der Waals surface area contributed by atoms with E-state index in [1.807, 2.05) is 0 Å². The van der Waals surface area contributed by atoms with E-state index in [0.717, 1.165) is 6.08 Å². The van der Waals surface area contributed by atoms with E-state index < -0.39 is 65.5 Å². The fraction of sp³-hybridized carbons (Fsp3) is 0.600. The summed E-state index contributed by atoms with van der Waals surface area (Å²) < 4.78 is 48.2. The molecule has 0 saturated heterocycles. The Morgan fingerprint density at radius 2 is 1.77 bits per heavy atom. The molecule has 1 rings (SSSR count). The van der Waals surface area contributed by atoms with E-state index in [4.69, 9.17) is 21.8 Å². The van der Waals surface area contributed by atoms with Gasteiger partial charge in [-0.05, 0) is 0 Å². The molecule has 12 heteroatoms. The molecular weight excluding hydrogens is 362 g/mol. The summed E-state index contributed by atoms with van der Waals surface area (Å²) in [6.45, 7) is -1.60. The van der Waals surface area contributed by atoms with Crippen molar-refractivity contribution in [3.63, 3.8) is 0 Å². The summed E-state index contributed by atoms with van der Waals surface area (Å²) in [5, 5.41) is 28.5. The van der Waals surface area contributed by atoms with Gasteiger partial charge < -0.3 is 10.2 Å². The number of nitrogens with zero attached hydrogens (tertiary/aromatic N) is 1. The molecule has 0 saturated carbocycles. The number of rotatable bonds is 7. The molecule has 0 aromatic rings. The molecular formula is C10H14ClNO8S2. The van der Waals surface area contributed by atoms with Crippen LogP contribution >= 0.6 is 11.6 Å². The molecule has 1 aliphatic rings. The summed E-state index contributed by atoms with van der Waals surface area (Å²) in [5.74, 6) is -1.65. The second-order valence-electron chi connectivity index (χ2n) is 4.45. The average Bonchev–Trinajstić information content (AvgIpc) is 2.38. The fourth-order valence-corrected chi connectivity index (χ4v) is 5.12. The highest BCUT2D eigenvalue weighted by molar-refractivity contribution is 7.96. The van der Waals surface area contributed by atoms with Crippen LogP contribution in [0.4, 0.5) is 0 Å². The summed E-state index contributed by atoms with van der Waals surface area (Å²) in [5.41, 5.74) is 0. The lowest BCUT2D eigenvalue weighted by molar-refractivity contribution is -0.526. The van der Waals surface area contributed by atoms with Crippen LogP contribution in [0.25, 0.3) is 0 Å². The first-order chi connectivity index (χ1) is 10.0. The summed E-state index contributed by atoms with van der Waals surface area (Å²) in [4.78, 5) is 6.77. The number of aliphatic hydroxyl groups excluding tert-OH is 2. The molecule has 0 aliphatic heterocycles. The van der Waals surface area contributed by atoms with Gasteiger partial charge in [-0.1, -0.05) is 17.7 Å². The minimum Gasteiger partial charge on any atom is -0.395 e.